The second kappa shape index (κ2) is 9.64. The molecule has 0 spiro atoms. The first-order valence-corrected chi connectivity index (χ1v) is 12.1. The maximum absolute atomic E-state index is 12.7. The van der Waals surface area contributed by atoms with E-state index in [0.29, 0.717) is 40.6 Å². The number of rotatable bonds is 5. The van der Waals surface area contributed by atoms with Crippen molar-refractivity contribution < 1.29 is 24.0 Å². The van der Waals surface area contributed by atoms with E-state index < -0.39 is 23.6 Å². The summed E-state index contributed by atoms with van der Waals surface area (Å²) < 4.78 is 11.1. The first kappa shape index (κ1) is 24.4. The molecule has 0 radical (unpaired) electrons. The maximum Gasteiger partial charge on any atom is 0.412 e. The normalized spacial score (nSPS) is 14.4. The lowest BCUT2D eigenvalue weighted by Crippen LogP contribution is -2.17. The summed E-state index contributed by atoms with van der Waals surface area (Å²) in [5.74, 6) is 5.46. The lowest BCUT2D eigenvalue weighted by Gasteiger charge is -2.15. The fourth-order valence-electron chi connectivity index (χ4n) is 4.05. The minimum absolute atomic E-state index is 0.405. The second-order valence-corrected chi connectivity index (χ2v) is 9.49. The predicted octanol–water partition coefficient (Wildman–Crippen LogP) is 6.98. The molecule has 1 amide bonds. The Balaban J connectivity index is 1.35. The molecule has 0 aliphatic heterocycles. The van der Waals surface area contributed by atoms with Crippen molar-refractivity contribution in [1.82, 2.24) is 5.16 Å². The van der Waals surface area contributed by atoms with Crippen LogP contribution in [-0.4, -0.2) is 22.3 Å². The highest BCUT2D eigenvalue weighted by Gasteiger charge is 2.49. The number of carbonyl (C=O) groups is 2. The summed E-state index contributed by atoms with van der Waals surface area (Å²) in [6.45, 7) is 3.48. The van der Waals surface area contributed by atoms with Gasteiger partial charge >= 0.3 is 12.1 Å². The van der Waals surface area contributed by atoms with Gasteiger partial charge in [0.05, 0.1) is 0 Å². The number of carboxylic acids is 1. The molecule has 1 aliphatic carbocycles. The highest BCUT2D eigenvalue weighted by Crippen LogP contribution is 2.45. The van der Waals surface area contributed by atoms with Crippen molar-refractivity contribution in [1.29, 1.82) is 0 Å². The molecule has 5 rings (SSSR count). The highest BCUT2D eigenvalue weighted by molar-refractivity contribution is 6.31. The van der Waals surface area contributed by atoms with Crippen molar-refractivity contribution >= 4 is 40.1 Å². The number of nitrogens with one attached hydrogen (secondary N) is 1. The van der Waals surface area contributed by atoms with Crippen LogP contribution in [0.1, 0.15) is 42.7 Å². The number of aromatic nitrogens is 1. The number of amides is 1. The van der Waals surface area contributed by atoms with Crippen LogP contribution in [0.15, 0.2) is 65.2 Å². The summed E-state index contributed by atoms with van der Waals surface area (Å²) in [6.07, 6.45) is -0.0310. The monoisotopic (exact) mass is 514 g/mol. The van der Waals surface area contributed by atoms with Crippen LogP contribution in [0.3, 0.4) is 0 Å². The predicted molar refractivity (Wildman–Crippen MR) is 140 cm³/mol. The molecule has 1 saturated carbocycles. The van der Waals surface area contributed by atoms with Gasteiger partial charge < -0.3 is 14.4 Å². The Kier molecular flexibility index (Phi) is 6.36. The SMILES string of the molecule is Cc1noc(-c2ccc3cc(C#CC4(C(=O)O)CC4)ccc3c2)c1NC(=O)O[C@H](C)c1ccccc1Cl. The number of ether oxygens (including phenoxy) is 1. The van der Waals surface area contributed by atoms with E-state index in [2.05, 4.69) is 22.3 Å². The zero-order chi connectivity index (χ0) is 26.2. The van der Waals surface area contributed by atoms with E-state index in [9.17, 15) is 14.7 Å². The van der Waals surface area contributed by atoms with E-state index in [1.54, 1.807) is 26.0 Å². The average Bonchev–Trinajstić information content (AvgIpc) is 3.60. The third-order valence-electron chi connectivity index (χ3n) is 6.42. The van der Waals surface area contributed by atoms with Crippen LogP contribution in [0.25, 0.3) is 22.1 Å². The first-order chi connectivity index (χ1) is 17.8. The summed E-state index contributed by atoms with van der Waals surface area (Å²) in [4.78, 5) is 24.0. The van der Waals surface area contributed by atoms with Gasteiger partial charge in [-0.1, -0.05) is 65.0 Å². The Morgan fingerprint density at radius 1 is 1.14 bits per heavy atom. The molecule has 4 aromatic rings. The number of fused-ring (bicyclic) bond motifs is 1. The molecule has 0 saturated heterocycles. The van der Waals surface area contributed by atoms with Gasteiger partial charge in [-0.25, -0.2) is 4.79 Å². The maximum atomic E-state index is 12.7. The molecule has 1 fully saturated rings. The second-order valence-electron chi connectivity index (χ2n) is 9.08. The molecule has 8 heteroatoms. The molecule has 37 heavy (non-hydrogen) atoms. The largest absolute Gasteiger partial charge is 0.480 e. The fourth-order valence-corrected chi connectivity index (χ4v) is 4.34. The molecular formula is C29H23ClN2O5. The molecule has 0 unspecified atom stereocenters. The molecule has 1 atom stereocenters. The number of carbonyl (C=O) groups excluding carboxylic acids is 1. The Morgan fingerprint density at radius 3 is 2.59 bits per heavy atom. The smallest absolute Gasteiger partial charge is 0.412 e. The van der Waals surface area contributed by atoms with E-state index >= 15 is 0 Å². The fraction of sp³-hybridized carbons (Fsp3) is 0.207. The summed E-state index contributed by atoms with van der Waals surface area (Å²) in [6, 6.07) is 18.6. The Hall–Kier alpha value is -4.28. The van der Waals surface area contributed by atoms with Gasteiger partial charge in [-0.3, -0.25) is 10.1 Å². The number of hydrogen-bond donors (Lipinski definition) is 2. The van der Waals surface area contributed by atoms with Gasteiger partial charge in [0.15, 0.2) is 5.76 Å². The van der Waals surface area contributed by atoms with E-state index in [1.165, 1.54) is 0 Å². The summed E-state index contributed by atoms with van der Waals surface area (Å²) in [5.41, 5.74) is 2.22. The van der Waals surface area contributed by atoms with Crippen molar-refractivity contribution in [2.24, 2.45) is 5.41 Å². The molecule has 1 aromatic heterocycles. The lowest BCUT2D eigenvalue weighted by molar-refractivity contribution is -0.141. The highest BCUT2D eigenvalue weighted by atomic mass is 35.5. The summed E-state index contributed by atoms with van der Waals surface area (Å²) >= 11 is 6.22. The zero-order valence-electron chi connectivity index (χ0n) is 20.2. The van der Waals surface area contributed by atoms with Crippen LogP contribution in [0.5, 0.6) is 0 Å². The zero-order valence-corrected chi connectivity index (χ0v) is 20.9. The minimum atomic E-state index is -0.890. The van der Waals surface area contributed by atoms with Crippen LogP contribution >= 0.6 is 11.6 Å². The Labute approximate surface area is 218 Å². The number of nitrogens with zero attached hydrogens (tertiary/aromatic N) is 1. The molecule has 2 N–H and O–H groups in total. The van der Waals surface area contributed by atoms with Gasteiger partial charge in [0, 0.05) is 21.7 Å². The van der Waals surface area contributed by atoms with E-state index in [1.807, 2.05) is 48.5 Å². The third kappa shape index (κ3) is 5.02. The van der Waals surface area contributed by atoms with Gasteiger partial charge in [-0.15, -0.1) is 0 Å². The quantitative estimate of drug-likeness (QED) is 0.278. The van der Waals surface area contributed by atoms with Crippen LogP contribution in [0.2, 0.25) is 5.02 Å². The van der Waals surface area contributed by atoms with E-state index in [-0.39, 0.29) is 0 Å². The van der Waals surface area contributed by atoms with Crippen molar-refractivity contribution in [3.63, 3.8) is 0 Å². The molecule has 186 valence electrons. The molecule has 3 aromatic carbocycles. The van der Waals surface area contributed by atoms with Crippen molar-refractivity contribution in [2.75, 3.05) is 5.32 Å². The van der Waals surface area contributed by atoms with Crippen LogP contribution in [-0.2, 0) is 9.53 Å². The van der Waals surface area contributed by atoms with Crippen molar-refractivity contribution in [3.8, 4) is 23.2 Å². The lowest BCUT2D eigenvalue weighted by atomic mass is 10.0. The number of anilines is 1. The van der Waals surface area contributed by atoms with Crippen molar-refractivity contribution in [3.05, 3.63) is 82.5 Å². The van der Waals surface area contributed by atoms with E-state index in [0.717, 1.165) is 21.9 Å². The number of benzene rings is 3. The van der Waals surface area contributed by atoms with Gasteiger partial charge in [-0.2, -0.15) is 0 Å². The Bertz CT molecular complexity index is 1590. The number of aliphatic carboxylic acids is 1. The minimum Gasteiger partial charge on any atom is -0.480 e. The number of aryl methyl sites for hydroxylation is 1. The number of carboxylic acid groups (broad SMARTS) is 1. The topological polar surface area (TPSA) is 102 Å². The number of hydrogen-bond acceptors (Lipinski definition) is 5. The number of halogens is 1. The van der Waals surface area contributed by atoms with Gasteiger partial charge in [0.2, 0.25) is 0 Å². The van der Waals surface area contributed by atoms with E-state index in [4.69, 9.17) is 20.9 Å². The van der Waals surface area contributed by atoms with Crippen LogP contribution in [0, 0.1) is 24.2 Å². The molecule has 0 bridgehead atoms. The van der Waals surface area contributed by atoms with Crippen LogP contribution in [0.4, 0.5) is 10.5 Å². The standard InChI is InChI=1S/C29H23ClN2O5/c1-17-25(31-28(35)36-18(2)23-5-3-4-6-24(23)30)26(37-32-17)22-10-9-20-15-19(7-8-21(20)16-22)11-12-29(13-14-29)27(33)34/h3-10,15-16,18H,13-14H2,1-2H3,(H,31,35)(H,33,34)/t18-/m1/s1. The first-order valence-electron chi connectivity index (χ1n) is 11.7. The summed E-state index contributed by atoms with van der Waals surface area (Å²) in [7, 11) is 0. The third-order valence-corrected chi connectivity index (χ3v) is 6.77. The average molecular weight is 515 g/mol. The molecule has 1 heterocycles. The molecule has 7 nitrogen and oxygen atoms in total. The van der Waals surface area contributed by atoms with Gasteiger partial charge in [-0.05, 0) is 61.7 Å². The van der Waals surface area contributed by atoms with Gasteiger partial charge in [0.25, 0.3) is 0 Å². The van der Waals surface area contributed by atoms with Gasteiger partial charge in [0.1, 0.15) is 22.9 Å². The Morgan fingerprint density at radius 2 is 1.86 bits per heavy atom. The molecule has 1 aliphatic rings. The van der Waals surface area contributed by atoms with Crippen LogP contribution < -0.4 is 5.32 Å². The molecular weight excluding hydrogens is 492 g/mol. The summed E-state index contributed by atoms with van der Waals surface area (Å²) in [5, 5.41) is 18.5. The van der Waals surface area contributed by atoms with Crippen molar-refractivity contribution in [2.45, 2.75) is 32.8 Å².